The van der Waals surface area contributed by atoms with Crippen LogP contribution in [0, 0.1) is 0 Å². The maximum atomic E-state index is 13.5. The molecule has 1 atom stereocenters. The van der Waals surface area contributed by atoms with Crippen LogP contribution < -0.4 is 30.9 Å². The molecular formula is C46H56BrN10O4P. The van der Waals surface area contributed by atoms with Crippen molar-refractivity contribution in [3.8, 4) is 5.75 Å². The van der Waals surface area contributed by atoms with Gasteiger partial charge in [0.15, 0.2) is 0 Å². The number of piperidine rings is 2. The number of methoxy groups -OCH3 is 1. The van der Waals surface area contributed by atoms with Gasteiger partial charge in [-0.05, 0) is 109 Å². The highest BCUT2D eigenvalue weighted by Gasteiger charge is 2.30. The van der Waals surface area contributed by atoms with E-state index in [9.17, 15) is 14.2 Å². The molecule has 3 aromatic carbocycles. The molecule has 0 radical (unpaired) electrons. The molecule has 0 bridgehead atoms. The van der Waals surface area contributed by atoms with Gasteiger partial charge in [0.2, 0.25) is 17.8 Å². The zero-order chi connectivity index (χ0) is 43.4. The molecule has 3 N–H and O–H groups in total. The molecule has 3 fully saturated rings. The van der Waals surface area contributed by atoms with Crippen molar-refractivity contribution >= 4 is 80.1 Å². The summed E-state index contributed by atoms with van der Waals surface area (Å²) in [6.07, 6.45) is 11.2. The predicted octanol–water partition coefficient (Wildman–Crippen LogP) is 7.23. The highest BCUT2D eigenvalue weighted by Crippen LogP contribution is 2.42. The summed E-state index contributed by atoms with van der Waals surface area (Å²) in [6, 6.07) is 17.0. The zero-order valence-corrected chi connectivity index (χ0v) is 38.5. The van der Waals surface area contributed by atoms with Gasteiger partial charge in [-0.25, -0.2) is 4.98 Å². The third-order valence-electron chi connectivity index (χ3n) is 12.5. The minimum atomic E-state index is -2.76. The summed E-state index contributed by atoms with van der Waals surface area (Å²) in [5.41, 5.74) is 7.44. The number of hydrogen-bond acceptors (Lipinski definition) is 13. The van der Waals surface area contributed by atoms with Gasteiger partial charge in [0.1, 0.15) is 24.2 Å². The minimum Gasteiger partial charge on any atom is -0.494 e. The van der Waals surface area contributed by atoms with Crippen LogP contribution in [-0.2, 0) is 27.0 Å². The molecule has 2 amide bonds. The van der Waals surface area contributed by atoms with Gasteiger partial charge in [0.25, 0.3) is 0 Å². The van der Waals surface area contributed by atoms with Crippen molar-refractivity contribution in [2.75, 3.05) is 81.8 Å². The summed E-state index contributed by atoms with van der Waals surface area (Å²) in [7, 11) is -1.07. The summed E-state index contributed by atoms with van der Waals surface area (Å²) in [5, 5.41) is 9.89. The summed E-state index contributed by atoms with van der Waals surface area (Å²) in [5.74, 6) is 1.04. The molecule has 326 valence electrons. The fourth-order valence-corrected chi connectivity index (χ4v) is 10.8. The molecule has 0 aliphatic carbocycles. The molecule has 62 heavy (non-hydrogen) atoms. The number of anilines is 5. The molecule has 8 rings (SSSR count). The molecular weight excluding hydrogens is 867 g/mol. The number of carbonyl (C=O) groups excluding carboxylic acids is 2. The number of aromatic nitrogens is 4. The molecule has 3 saturated heterocycles. The average Bonchev–Trinajstić information content (AvgIpc) is 3.27. The second-order valence-corrected chi connectivity index (χ2v) is 20.9. The number of benzene rings is 3. The number of aryl methyl sites for hydroxylation is 2. The standard InChI is InChI=1S/C46H56BrN10O4P/c1-5-31-27-38(52-46-50-29-35(47)44(54-46)51-37-14-13-36-42(49-19-18-48-36)43(37)62(3,4)60)40(61-2)28-39(31)57-21-16-33(17-22-57)56-25-23-55(24-26-56)20-6-7-30-8-10-32(11-9-30)34-12-15-41(58)53-45(34)59/h8-11,13-14,18-19,27-29,33-34H,5-7,12,15-17,20-26H2,1-4H3,(H,53,58,59)(H2,50,51,52,54). The van der Waals surface area contributed by atoms with E-state index in [1.54, 1.807) is 39.0 Å². The van der Waals surface area contributed by atoms with E-state index in [2.05, 4.69) is 105 Å². The van der Waals surface area contributed by atoms with Crippen LogP contribution in [-0.4, -0.2) is 114 Å². The fraction of sp³-hybridized carbons (Fsp3) is 0.435. The van der Waals surface area contributed by atoms with Crippen molar-refractivity contribution in [3.05, 3.63) is 88.3 Å². The fourth-order valence-electron chi connectivity index (χ4n) is 9.15. The number of piperazine rings is 1. The Balaban J connectivity index is 0.843. The monoisotopic (exact) mass is 922 g/mol. The Kier molecular flexibility index (Phi) is 13.5. The second-order valence-electron chi connectivity index (χ2n) is 16.9. The lowest BCUT2D eigenvalue weighted by atomic mass is 9.90. The smallest absolute Gasteiger partial charge is 0.234 e. The van der Waals surface area contributed by atoms with Gasteiger partial charge in [0.05, 0.1) is 39.7 Å². The van der Waals surface area contributed by atoms with E-state index in [0.29, 0.717) is 62.9 Å². The third-order valence-corrected chi connectivity index (χ3v) is 14.6. The van der Waals surface area contributed by atoms with Crippen molar-refractivity contribution < 1.29 is 18.9 Å². The van der Waals surface area contributed by atoms with Gasteiger partial charge in [-0.1, -0.05) is 31.2 Å². The normalized spacial score (nSPS) is 18.2. The first-order valence-electron chi connectivity index (χ1n) is 21.7. The van der Waals surface area contributed by atoms with Crippen LogP contribution in [0.1, 0.15) is 61.6 Å². The van der Waals surface area contributed by atoms with Crippen LogP contribution in [0.15, 0.2) is 71.6 Å². The number of ether oxygens (including phenoxy) is 1. The van der Waals surface area contributed by atoms with Gasteiger partial charge >= 0.3 is 0 Å². The van der Waals surface area contributed by atoms with Gasteiger partial charge in [-0.2, -0.15) is 4.98 Å². The predicted molar refractivity (Wildman–Crippen MR) is 250 cm³/mol. The lowest BCUT2D eigenvalue weighted by molar-refractivity contribution is -0.134. The van der Waals surface area contributed by atoms with Gasteiger partial charge in [-0.3, -0.25) is 29.8 Å². The summed E-state index contributed by atoms with van der Waals surface area (Å²) in [6.45, 7) is 13.1. The maximum absolute atomic E-state index is 13.5. The van der Waals surface area contributed by atoms with Crippen LogP contribution in [0.5, 0.6) is 5.75 Å². The van der Waals surface area contributed by atoms with Crippen molar-refractivity contribution in [2.24, 2.45) is 0 Å². The van der Waals surface area contributed by atoms with Crippen LogP contribution in [0.2, 0.25) is 0 Å². The summed E-state index contributed by atoms with van der Waals surface area (Å²) >= 11 is 3.60. The van der Waals surface area contributed by atoms with Gasteiger partial charge in [-0.15, -0.1) is 0 Å². The number of hydrogen-bond donors (Lipinski definition) is 3. The Morgan fingerprint density at radius 1 is 0.903 bits per heavy atom. The lowest BCUT2D eigenvalue weighted by Crippen LogP contribution is -2.53. The lowest BCUT2D eigenvalue weighted by Gasteiger charge is -2.43. The number of rotatable bonds is 14. The van der Waals surface area contributed by atoms with E-state index in [-0.39, 0.29) is 17.7 Å². The molecule has 5 aromatic rings. The van der Waals surface area contributed by atoms with Gasteiger partial charge < -0.3 is 29.7 Å². The average molecular weight is 924 g/mol. The molecule has 2 aromatic heterocycles. The highest BCUT2D eigenvalue weighted by molar-refractivity contribution is 9.10. The number of amides is 2. The van der Waals surface area contributed by atoms with Crippen LogP contribution in [0.3, 0.4) is 0 Å². The summed E-state index contributed by atoms with van der Waals surface area (Å²) < 4.78 is 20.1. The Morgan fingerprint density at radius 3 is 2.37 bits per heavy atom. The van der Waals surface area contributed by atoms with Crippen LogP contribution >= 0.6 is 23.1 Å². The number of halogens is 1. The number of fused-ring (bicyclic) bond motifs is 1. The number of imide groups is 1. The number of nitrogens with zero attached hydrogens (tertiary/aromatic N) is 7. The topological polar surface area (TPSA) is 158 Å². The van der Waals surface area contributed by atoms with Crippen LogP contribution in [0.4, 0.5) is 28.8 Å². The molecule has 14 nitrogen and oxygen atoms in total. The highest BCUT2D eigenvalue weighted by atomic mass is 79.9. The minimum absolute atomic E-state index is 0.175. The van der Waals surface area contributed by atoms with E-state index >= 15 is 0 Å². The Labute approximate surface area is 372 Å². The van der Waals surface area contributed by atoms with Crippen molar-refractivity contribution in [1.82, 2.24) is 35.1 Å². The Hall–Kier alpha value is -4.95. The maximum Gasteiger partial charge on any atom is 0.234 e. The van der Waals surface area contributed by atoms with E-state index in [0.717, 1.165) is 89.2 Å². The first kappa shape index (κ1) is 43.7. The molecule has 16 heteroatoms. The van der Waals surface area contributed by atoms with Crippen molar-refractivity contribution in [2.45, 2.75) is 63.8 Å². The van der Waals surface area contributed by atoms with Crippen molar-refractivity contribution in [1.29, 1.82) is 0 Å². The van der Waals surface area contributed by atoms with E-state index in [1.807, 2.05) is 12.1 Å². The molecule has 3 aliphatic heterocycles. The molecule has 0 spiro atoms. The zero-order valence-electron chi connectivity index (χ0n) is 36.0. The third kappa shape index (κ3) is 9.96. The van der Waals surface area contributed by atoms with Gasteiger partial charge in [0, 0.05) is 82.1 Å². The number of carbonyl (C=O) groups is 2. The molecule has 1 unspecified atom stereocenters. The SMILES string of the molecule is CCc1cc(Nc2ncc(Br)c(Nc3ccc4nccnc4c3P(C)(C)=O)n2)c(OC)cc1N1CCC(N2CCN(CCCc3ccc(C4CCC(=O)NC4=O)cc3)CC2)CC1. The first-order chi connectivity index (χ1) is 30.0. The van der Waals surface area contributed by atoms with E-state index in [4.69, 9.17) is 9.72 Å². The Morgan fingerprint density at radius 2 is 1.66 bits per heavy atom. The second kappa shape index (κ2) is 19.2. The quantitative estimate of drug-likeness (QED) is 0.0758. The molecule has 3 aliphatic rings. The van der Waals surface area contributed by atoms with Crippen molar-refractivity contribution in [3.63, 3.8) is 0 Å². The largest absolute Gasteiger partial charge is 0.494 e. The number of nitrogens with one attached hydrogen (secondary N) is 3. The van der Waals surface area contributed by atoms with E-state index in [1.165, 1.54) is 16.8 Å². The Bertz CT molecular complexity index is 2470. The van der Waals surface area contributed by atoms with Crippen LogP contribution in [0.25, 0.3) is 11.0 Å². The summed E-state index contributed by atoms with van der Waals surface area (Å²) in [4.78, 5) is 49.9. The van der Waals surface area contributed by atoms with E-state index < -0.39 is 7.14 Å². The molecule has 0 saturated carbocycles. The first-order valence-corrected chi connectivity index (χ1v) is 25.1. The molecule has 5 heterocycles.